The summed E-state index contributed by atoms with van der Waals surface area (Å²) in [5, 5.41) is 11.4. The third-order valence-corrected chi connectivity index (χ3v) is 8.40. The van der Waals surface area contributed by atoms with Crippen molar-refractivity contribution in [1.29, 1.82) is 0 Å². The lowest BCUT2D eigenvalue weighted by Gasteiger charge is -2.44. The first kappa shape index (κ1) is 31.6. The highest BCUT2D eigenvalue weighted by Gasteiger charge is 2.34. The first-order valence-corrected chi connectivity index (χ1v) is 15.0. The molecule has 2 aromatic carbocycles. The molecule has 1 aromatic heterocycles. The number of aryl methyl sites for hydroxylation is 1. The molecule has 1 aliphatic rings. The molecule has 4 rings (SSSR count). The fraction of sp³-hybridized carbons (Fsp3) is 0.484. The van der Waals surface area contributed by atoms with E-state index < -0.39 is 17.5 Å². The molecule has 42 heavy (non-hydrogen) atoms. The molecule has 0 bridgehead atoms. The maximum Gasteiger partial charge on any atom is 0.407 e. The van der Waals surface area contributed by atoms with E-state index in [4.69, 9.17) is 4.74 Å². The molecule has 1 fully saturated rings. The second-order valence-electron chi connectivity index (χ2n) is 12.1. The third-order valence-electron chi connectivity index (χ3n) is 7.51. The third kappa shape index (κ3) is 7.55. The Hall–Kier alpha value is -3.31. The van der Waals surface area contributed by atoms with Crippen molar-refractivity contribution >= 4 is 27.9 Å². The lowest BCUT2D eigenvalue weighted by atomic mass is 10.0. The van der Waals surface area contributed by atoms with Crippen LogP contribution in [0.5, 0.6) is 0 Å². The van der Waals surface area contributed by atoms with Crippen LogP contribution in [0.2, 0.25) is 0 Å². The summed E-state index contributed by atoms with van der Waals surface area (Å²) in [6, 6.07) is 10.8. The smallest absolute Gasteiger partial charge is 0.407 e. The van der Waals surface area contributed by atoms with Crippen molar-refractivity contribution in [1.82, 2.24) is 30.1 Å². The number of hydrogen-bond acceptors (Lipinski definition) is 6. The molecule has 1 N–H and O–H groups in total. The lowest BCUT2D eigenvalue weighted by molar-refractivity contribution is 0.0262. The molecule has 3 aromatic rings. The molecule has 0 aliphatic carbocycles. The van der Waals surface area contributed by atoms with Crippen LogP contribution in [-0.4, -0.2) is 67.6 Å². The molecule has 9 nitrogen and oxygen atoms in total. The van der Waals surface area contributed by atoms with Gasteiger partial charge in [0.1, 0.15) is 11.4 Å². The van der Waals surface area contributed by atoms with E-state index >= 15 is 0 Å². The van der Waals surface area contributed by atoms with E-state index in [1.165, 1.54) is 17.7 Å². The Labute approximate surface area is 255 Å². The fourth-order valence-corrected chi connectivity index (χ4v) is 5.51. The topological polar surface area (TPSA) is 92.6 Å². The zero-order chi connectivity index (χ0) is 30.8. The van der Waals surface area contributed by atoms with Crippen LogP contribution in [0.1, 0.15) is 80.3 Å². The fourth-order valence-electron chi connectivity index (χ4n) is 5.26. The molecule has 0 spiro atoms. The number of benzene rings is 2. The molecule has 1 saturated heterocycles. The van der Waals surface area contributed by atoms with E-state index in [2.05, 4.69) is 76.3 Å². The van der Waals surface area contributed by atoms with Gasteiger partial charge in [0, 0.05) is 53.9 Å². The molecule has 1 aliphatic heterocycles. The molecule has 226 valence electrons. The first-order chi connectivity index (χ1) is 19.7. The number of piperazine rings is 1. The average Bonchev–Trinajstić information content (AvgIpc) is 3.38. The monoisotopic (exact) mass is 642 g/mol. The van der Waals surface area contributed by atoms with Crippen LogP contribution in [0.15, 0.2) is 47.1 Å². The maximum absolute atomic E-state index is 14.8. The zero-order valence-electron chi connectivity index (χ0n) is 25.3. The summed E-state index contributed by atoms with van der Waals surface area (Å²) in [7, 11) is 0. The summed E-state index contributed by atoms with van der Waals surface area (Å²) >= 11 is 3.56. The van der Waals surface area contributed by atoms with Crippen molar-refractivity contribution in [2.45, 2.75) is 85.3 Å². The Morgan fingerprint density at radius 2 is 1.86 bits per heavy atom. The number of rotatable bonds is 7. The van der Waals surface area contributed by atoms with Gasteiger partial charge in [0.25, 0.3) is 5.91 Å². The Bertz CT molecular complexity index is 1430. The largest absolute Gasteiger partial charge is 0.444 e. The van der Waals surface area contributed by atoms with Crippen LogP contribution in [0.4, 0.5) is 9.18 Å². The predicted octanol–water partition coefficient (Wildman–Crippen LogP) is 5.86. The van der Waals surface area contributed by atoms with Crippen LogP contribution >= 0.6 is 15.9 Å². The standard InChI is InChI=1S/C31H40BrFN6O3/c1-19-13-23(11-12-27(19)32)22(4)39-18-24(35-36-39)17-38-20(2)15-37(16-21(38)3)29(40)25-9-8-10-28(33)26(25)14-34-30(41)42-31(5,6)7/h8-13,18,20-22H,14-17H2,1-7H3,(H,34,41)/t20-,21+,22-/m1/s1. The molecular weight excluding hydrogens is 603 g/mol. The van der Waals surface area contributed by atoms with Crippen molar-refractivity contribution in [2.75, 3.05) is 13.1 Å². The van der Waals surface area contributed by atoms with E-state index in [1.807, 2.05) is 16.9 Å². The molecule has 3 atom stereocenters. The summed E-state index contributed by atoms with van der Waals surface area (Å²) in [5.74, 6) is -0.814. The number of ether oxygens (including phenoxy) is 1. The number of nitrogens with one attached hydrogen (secondary N) is 1. The lowest BCUT2D eigenvalue weighted by Crippen LogP contribution is -2.57. The van der Waals surface area contributed by atoms with Crippen LogP contribution in [-0.2, 0) is 17.8 Å². The molecule has 11 heteroatoms. The highest BCUT2D eigenvalue weighted by molar-refractivity contribution is 9.10. The van der Waals surface area contributed by atoms with Gasteiger partial charge in [-0.05, 0) is 77.8 Å². The van der Waals surface area contributed by atoms with Crippen LogP contribution < -0.4 is 5.32 Å². The minimum Gasteiger partial charge on any atom is -0.444 e. The number of alkyl carbamates (subject to hydrolysis) is 1. The predicted molar refractivity (Wildman–Crippen MR) is 163 cm³/mol. The molecule has 0 saturated carbocycles. The molecule has 0 radical (unpaired) electrons. The van der Waals surface area contributed by atoms with E-state index in [0.29, 0.717) is 19.6 Å². The molecular formula is C31H40BrFN6O3. The SMILES string of the molecule is Cc1cc([C@@H](C)n2cc(CN3[C@H](C)CN(C(=O)c4cccc(F)c4CNC(=O)OC(C)(C)C)C[C@@H]3C)nn2)ccc1Br. The average molecular weight is 644 g/mol. The minimum atomic E-state index is -0.685. The quantitative estimate of drug-likeness (QED) is 0.347. The Morgan fingerprint density at radius 3 is 2.50 bits per heavy atom. The number of halogens is 2. The van der Waals surface area contributed by atoms with E-state index in [0.717, 1.165) is 15.7 Å². The number of hydrogen-bond donors (Lipinski definition) is 1. The van der Waals surface area contributed by atoms with Crippen LogP contribution in [0.25, 0.3) is 0 Å². The van der Waals surface area contributed by atoms with Crippen molar-refractivity contribution in [3.63, 3.8) is 0 Å². The Kier molecular flexibility index (Phi) is 9.72. The van der Waals surface area contributed by atoms with E-state index in [1.54, 1.807) is 31.7 Å². The maximum atomic E-state index is 14.8. The van der Waals surface area contributed by atoms with Gasteiger partial charge in [0.15, 0.2) is 0 Å². The summed E-state index contributed by atoms with van der Waals surface area (Å²) in [5.41, 5.74) is 2.87. The van der Waals surface area contributed by atoms with Gasteiger partial charge in [-0.25, -0.2) is 13.9 Å². The Morgan fingerprint density at radius 1 is 1.17 bits per heavy atom. The van der Waals surface area contributed by atoms with Gasteiger partial charge >= 0.3 is 6.09 Å². The number of amides is 2. The number of carbonyl (C=O) groups excluding carboxylic acids is 2. The molecule has 0 unspecified atom stereocenters. The van der Waals surface area contributed by atoms with Crippen molar-refractivity contribution in [3.05, 3.63) is 80.8 Å². The second kappa shape index (κ2) is 12.9. The van der Waals surface area contributed by atoms with Crippen molar-refractivity contribution < 1.29 is 18.7 Å². The molecule has 2 heterocycles. The van der Waals surface area contributed by atoms with Gasteiger partial charge in [0.2, 0.25) is 0 Å². The highest BCUT2D eigenvalue weighted by atomic mass is 79.9. The number of carbonyl (C=O) groups is 2. The number of nitrogens with zero attached hydrogens (tertiary/aromatic N) is 5. The molecule has 2 amide bonds. The van der Waals surface area contributed by atoms with Crippen molar-refractivity contribution in [2.24, 2.45) is 0 Å². The summed E-state index contributed by atoms with van der Waals surface area (Å²) in [6.07, 6.45) is 1.31. The highest BCUT2D eigenvalue weighted by Crippen LogP contribution is 2.25. The van der Waals surface area contributed by atoms with Gasteiger partial charge in [-0.15, -0.1) is 5.10 Å². The zero-order valence-corrected chi connectivity index (χ0v) is 26.9. The van der Waals surface area contributed by atoms with Gasteiger partial charge < -0.3 is 15.0 Å². The van der Waals surface area contributed by atoms with Gasteiger partial charge in [-0.3, -0.25) is 9.69 Å². The van der Waals surface area contributed by atoms with E-state index in [-0.39, 0.29) is 41.7 Å². The Balaban J connectivity index is 1.41. The van der Waals surface area contributed by atoms with Gasteiger partial charge in [0.05, 0.1) is 17.9 Å². The summed E-state index contributed by atoms with van der Waals surface area (Å²) < 4.78 is 23.1. The van der Waals surface area contributed by atoms with Crippen LogP contribution in [0.3, 0.4) is 0 Å². The van der Waals surface area contributed by atoms with Crippen molar-refractivity contribution in [3.8, 4) is 0 Å². The van der Waals surface area contributed by atoms with Crippen LogP contribution in [0, 0.1) is 12.7 Å². The number of aromatic nitrogens is 3. The van der Waals surface area contributed by atoms with E-state index in [9.17, 15) is 14.0 Å². The minimum absolute atomic E-state index is 0.0336. The normalized spacial score (nSPS) is 18.5. The second-order valence-corrected chi connectivity index (χ2v) is 12.9. The van der Waals surface area contributed by atoms with Gasteiger partial charge in [-0.2, -0.15) is 0 Å². The summed E-state index contributed by atoms with van der Waals surface area (Å²) in [6.45, 7) is 15.0. The van der Waals surface area contributed by atoms with Gasteiger partial charge in [-0.1, -0.05) is 39.3 Å². The first-order valence-electron chi connectivity index (χ1n) is 14.2. The summed E-state index contributed by atoms with van der Waals surface area (Å²) in [4.78, 5) is 29.9.